The molecule has 0 spiro atoms. The van der Waals surface area contributed by atoms with Gasteiger partial charge in [0.25, 0.3) is 0 Å². The molecule has 0 amide bonds. The van der Waals surface area contributed by atoms with Gasteiger partial charge in [-0.05, 0) is 12.1 Å². The molecular formula is C12H13NO4. The average Bonchev–Trinajstić information content (AvgIpc) is 2.37. The van der Waals surface area contributed by atoms with Crippen molar-refractivity contribution in [1.29, 1.82) is 5.26 Å². The standard InChI is InChI=1S/C12H13NO4/c1-15-9-3-4-10(16-2)11-8(9)5-7(6-13)17-12(11)14/h3-4,7,12,14H,5H2,1-2H3. The van der Waals surface area contributed by atoms with Crippen LogP contribution in [-0.2, 0) is 11.2 Å². The maximum atomic E-state index is 9.89. The van der Waals surface area contributed by atoms with Gasteiger partial charge in [0.15, 0.2) is 12.4 Å². The molecule has 0 aliphatic carbocycles. The molecule has 17 heavy (non-hydrogen) atoms. The molecule has 1 heterocycles. The monoisotopic (exact) mass is 235 g/mol. The topological polar surface area (TPSA) is 71.7 Å². The summed E-state index contributed by atoms with van der Waals surface area (Å²) in [7, 11) is 3.07. The van der Waals surface area contributed by atoms with E-state index >= 15 is 0 Å². The molecule has 0 saturated heterocycles. The number of hydrogen-bond donors (Lipinski definition) is 1. The fourth-order valence-electron chi connectivity index (χ4n) is 2.01. The van der Waals surface area contributed by atoms with E-state index in [9.17, 15) is 5.11 Å². The summed E-state index contributed by atoms with van der Waals surface area (Å²) in [4.78, 5) is 0. The van der Waals surface area contributed by atoms with Gasteiger partial charge >= 0.3 is 0 Å². The Labute approximate surface area is 99.1 Å². The Bertz CT molecular complexity index is 466. The molecule has 0 radical (unpaired) electrons. The van der Waals surface area contributed by atoms with Gasteiger partial charge in [-0.3, -0.25) is 0 Å². The lowest BCUT2D eigenvalue weighted by Gasteiger charge is -2.28. The number of nitriles is 1. The minimum atomic E-state index is -1.16. The second-order valence-corrected chi connectivity index (χ2v) is 3.67. The zero-order valence-corrected chi connectivity index (χ0v) is 9.64. The van der Waals surface area contributed by atoms with Crippen molar-refractivity contribution in [3.8, 4) is 17.6 Å². The maximum absolute atomic E-state index is 9.89. The summed E-state index contributed by atoms with van der Waals surface area (Å²) in [5.41, 5.74) is 1.30. The van der Waals surface area contributed by atoms with Gasteiger partial charge in [0.05, 0.1) is 25.9 Å². The lowest BCUT2D eigenvalue weighted by molar-refractivity contribution is -0.133. The number of methoxy groups -OCH3 is 2. The number of fused-ring (bicyclic) bond motifs is 1. The molecule has 0 bridgehead atoms. The van der Waals surface area contributed by atoms with Crippen LogP contribution in [0.25, 0.3) is 0 Å². The summed E-state index contributed by atoms with van der Waals surface area (Å²) in [6.45, 7) is 0. The second kappa shape index (κ2) is 4.62. The molecular weight excluding hydrogens is 222 g/mol. The Hall–Kier alpha value is -1.77. The van der Waals surface area contributed by atoms with Crippen LogP contribution in [0.3, 0.4) is 0 Å². The van der Waals surface area contributed by atoms with E-state index in [1.54, 1.807) is 19.2 Å². The molecule has 1 aliphatic rings. The number of ether oxygens (including phenoxy) is 3. The van der Waals surface area contributed by atoms with Crippen molar-refractivity contribution < 1.29 is 19.3 Å². The highest BCUT2D eigenvalue weighted by atomic mass is 16.6. The average molecular weight is 235 g/mol. The third kappa shape index (κ3) is 1.93. The Morgan fingerprint density at radius 1 is 1.35 bits per heavy atom. The molecule has 0 fully saturated rings. The number of aliphatic hydroxyl groups is 1. The van der Waals surface area contributed by atoms with E-state index in [0.29, 0.717) is 23.5 Å². The van der Waals surface area contributed by atoms with Crippen molar-refractivity contribution in [2.24, 2.45) is 0 Å². The molecule has 1 aromatic carbocycles. The molecule has 5 heteroatoms. The number of nitrogens with zero attached hydrogens (tertiary/aromatic N) is 1. The van der Waals surface area contributed by atoms with Crippen molar-refractivity contribution in [3.63, 3.8) is 0 Å². The van der Waals surface area contributed by atoms with E-state index in [0.717, 1.165) is 5.56 Å². The van der Waals surface area contributed by atoms with E-state index < -0.39 is 12.4 Å². The fraction of sp³-hybridized carbons (Fsp3) is 0.417. The SMILES string of the molecule is COc1ccc(OC)c2c1CC(C#N)OC2O. The van der Waals surface area contributed by atoms with Crippen molar-refractivity contribution in [1.82, 2.24) is 0 Å². The van der Waals surface area contributed by atoms with Crippen molar-refractivity contribution in [3.05, 3.63) is 23.3 Å². The van der Waals surface area contributed by atoms with Crippen LogP contribution in [0, 0.1) is 11.3 Å². The zero-order chi connectivity index (χ0) is 12.4. The normalized spacial score (nSPS) is 22.5. The summed E-state index contributed by atoms with van der Waals surface area (Å²) in [5, 5.41) is 18.8. The predicted octanol–water partition coefficient (Wildman–Crippen LogP) is 1.16. The molecule has 2 rings (SSSR count). The summed E-state index contributed by atoms with van der Waals surface area (Å²) < 4.78 is 15.6. The minimum Gasteiger partial charge on any atom is -0.496 e. The Kier molecular flexibility index (Phi) is 3.18. The molecule has 1 aliphatic heterocycles. The molecule has 1 aromatic rings. The first-order valence-corrected chi connectivity index (χ1v) is 5.18. The van der Waals surface area contributed by atoms with Crippen LogP contribution >= 0.6 is 0 Å². The van der Waals surface area contributed by atoms with Gasteiger partial charge in [-0.2, -0.15) is 5.26 Å². The summed E-state index contributed by atoms with van der Waals surface area (Å²) in [6.07, 6.45) is -1.45. The summed E-state index contributed by atoms with van der Waals surface area (Å²) in [5.74, 6) is 1.16. The second-order valence-electron chi connectivity index (χ2n) is 3.67. The number of benzene rings is 1. The van der Waals surface area contributed by atoms with Crippen LogP contribution in [0.4, 0.5) is 0 Å². The van der Waals surface area contributed by atoms with E-state index in [1.807, 2.05) is 6.07 Å². The Morgan fingerprint density at radius 3 is 2.59 bits per heavy atom. The Morgan fingerprint density at radius 2 is 2.00 bits per heavy atom. The van der Waals surface area contributed by atoms with Crippen LogP contribution in [0.1, 0.15) is 17.4 Å². The van der Waals surface area contributed by atoms with Crippen LogP contribution in [0.15, 0.2) is 12.1 Å². The van der Waals surface area contributed by atoms with E-state index in [1.165, 1.54) is 7.11 Å². The van der Waals surface area contributed by atoms with Gasteiger partial charge in [0.1, 0.15) is 11.5 Å². The number of aliphatic hydroxyl groups excluding tert-OH is 1. The van der Waals surface area contributed by atoms with Crippen molar-refractivity contribution in [2.75, 3.05) is 14.2 Å². The van der Waals surface area contributed by atoms with Crippen LogP contribution < -0.4 is 9.47 Å². The molecule has 5 nitrogen and oxygen atoms in total. The summed E-state index contributed by atoms with van der Waals surface area (Å²) in [6, 6.07) is 5.44. The quantitative estimate of drug-likeness (QED) is 0.832. The molecule has 2 atom stereocenters. The maximum Gasteiger partial charge on any atom is 0.186 e. The van der Waals surface area contributed by atoms with Crippen LogP contribution in [0.2, 0.25) is 0 Å². The van der Waals surface area contributed by atoms with Crippen molar-refractivity contribution >= 4 is 0 Å². The number of hydrogen-bond acceptors (Lipinski definition) is 5. The van der Waals surface area contributed by atoms with Crippen LogP contribution in [-0.4, -0.2) is 25.4 Å². The first kappa shape index (κ1) is 11.7. The first-order chi connectivity index (χ1) is 8.21. The van der Waals surface area contributed by atoms with Gasteiger partial charge in [-0.15, -0.1) is 0 Å². The lowest BCUT2D eigenvalue weighted by Crippen LogP contribution is -2.25. The fourth-order valence-corrected chi connectivity index (χ4v) is 2.01. The first-order valence-electron chi connectivity index (χ1n) is 5.18. The van der Waals surface area contributed by atoms with E-state index in [-0.39, 0.29) is 0 Å². The largest absolute Gasteiger partial charge is 0.496 e. The molecule has 90 valence electrons. The summed E-state index contributed by atoms with van der Waals surface area (Å²) >= 11 is 0. The lowest BCUT2D eigenvalue weighted by atomic mass is 9.96. The predicted molar refractivity (Wildman–Crippen MR) is 58.7 cm³/mol. The molecule has 1 N–H and O–H groups in total. The van der Waals surface area contributed by atoms with Crippen molar-refractivity contribution in [2.45, 2.75) is 18.8 Å². The van der Waals surface area contributed by atoms with Gasteiger partial charge in [-0.25, -0.2) is 0 Å². The van der Waals surface area contributed by atoms with Gasteiger partial charge in [0, 0.05) is 12.0 Å². The van der Waals surface area contributed by atoms with E-state index in [2.05, 4.69) is 0 Å². The van der Waals surface area contributed by atoms with Gasteiger partial charge in [0.2, 0.25) is 0 Å². The Balaban J connectivity index is 2.55. The molecule has 2 unspecified atom stereocenters. The third-order valence-electron chi connectivity index (χ3n) is 2.79. The molecule has 0 saturated carbocycles. The van der Waals surface area contributed by atoms with Gasteiger partial charge in [-0.1, -0.05) is 0 Å². The highest BCUT2D eigenvalue weighted by Gasteiger charge is 2.31. The molecule has 0 aromatic heterocycles. The van der Waals surface area contributed by atoms with E-state index in [4.69, 9.17) is 19.5 Å². The van der Waals surface area contributed by atoms with Gasteiger partial charge < -0.3 is 19.3 Å². The zero-order valence-electron chi connectivity index (χ0n) is 9.64. The highest BCUT2D eigenvalue weighted by Crippen LogP contribution is 2.40. The smallest absolute Gasteiger partial charge is 0.186 e. The van der Waals surface area contributed by atoms with Crippen LogP contribution in [0.5, 0.6) is 11.5 Å². The number of rotatable bonds is 2. The third-order valence-corrected chi connectivity index (χ3v) is 2.79. The minimum absolute atomic E-state index is 0.378. The highest BCUT2D eigenvalue weighted by molar-refractivity contribution is 5.51.